The van der Waals surface area contributed by atoms with Crippen molar-refractivity contribution in [2.24, 2.45) is 0 Å². The van der Waals surface area contributed by atoms with Gasteiger partial charge in [0, 0.05) is 18.8 Å². The predicted octanol–water partition coefficient (Wildman–Crippen LogP) is 1.81. The summed E-state index contributed by atoms with van der Waals surface area (Å²) >= 11 is 0. The Bertz CT molecular complexity index is 928. The van der Waals surface area contributed by atoms with Gasteiger partial charge in [-0.15, -0.1) is 0 Å². The Morgan fingerprint density at radius 2 is 1.96 bits per heavy atom. The zero-order chi connectivity index (χ0) is 18.1. The molecule has 0 spiro atoms. The van der Waals surface area contributed by atoms with Crippen LogP contribution in [0.3, 0.4) is 0 Å². The SMILES string of the molecule is O=C1Cc2cc(S(=O)(=O)N3CCOC(Cc4ccccc4)C3)ccc2N1. The first-order chi connectivity index (χ1) is 12.5. The summed E-state index contributed by atoms with van der Waals surface area (Å²) < 4.78 is 33.3. The molecule has 2 aromatic rings. The molecule has 1 unspecified atom stereocenters. The number of hydrogen-bond acceptors (Lipinski definition) is 4. The number of nitrogens with one attached hydrogen (secondary N) is 1. The van der Waals surface area contributed by atoms with E-state index in [1.54, 1.807) is 18.2 Å². The molecule has 2 heterocycles. The predicted molar refractivity (Wildman–Crippen MR) is 97.4 cm³/mol. The smallest absolute Gasteiger partial charge is 0.243 e. The fourth-order valence-corrected chi connectivity index (χ4v) is 4.93. The lowest BCUT2D eigenvalue weighted by atomic mass is 10.1. The third kappa shape index (κ3) is 3.38. The van der Waals surface area contributed by atoms with E-state index in [2.05, 4.69) is 5.32 Å². The Kier molecular flexibility index (Phi) is 4.52. The molecule has 2 aliphatic rings. The van der Waals surface area contributed by atoms with Crippen LogP contribution < -0.4 is 5.32 Å². The van der Waals surface area contributed by atoms with Gasteiger partial charge in [-0.3, -0.25) is 4.79 Å². The van der Waals surface area contributed by atoms with Gasteiger partial charge in [-0.1, -0.05) is 30.3 Å². The standard InChI is InChI=1S/C19H20N2O4S/c22-19-12-15-11-17(6-7-18(15)20-19)26(23,24)21-8-9-25-16(13-21)10-14-4-2-1-3-5-14/h1-7,11,16H,8-10,12-13H2,(H,20,22). The first-order valence-electron chi connectivity index (χ1n) is 8.61. The number of rotatable bonds is 4. The van der Waals surface area contributed by atoms with E-state index in [9.17, 15) is 13.2 Å². The van der Waals surface area contributed by atoms with E-state index < -0.39 is 10.0 Å². The zero-order valence-corrected chi connectivity index (χ0v) is 15.0. The van der Waals surface area contributed by atoms with Gasteiger partial charge < -0.3 is 10.1 Å². The van der Waals surface area contributed by atoms with E-state index in [0.29, 0.717) is 31.8 Å². The monoisotopic (exact) mass is 372 g/mol. The van der Waals surface area contributed by atoms with Crippen molar-refractivity contribution in [1.29, 1.82) is 0 Å². The van der Waals surface area contributed by atoms with Crippen LogP contribution >= 0.6 is 0 Å². The lowest BCUT2D eigenvalue weighted by Crippen LogP contribution is -2.46. The number of hydrogen-bond donors (Lipinski definition) is 1. The van der Waals surface area contributed by atoms with Crippen molar-refractivity contribution in [3.63, 3.8) is 0 Å². The summed E-state index contributed by atoms with van der Waals surface area (Å²) in [7, 11) is -3.61. The van der Waals surface area contributed by atoms with Crippen LogP contribution in [0.5, 0.6) is 0 Å². The molecule has 0 aromatic heterocycles. The minimum Gasteiger partial charge on any atom is -0.375 e. The summed E-state index contributed by atoms with van der Waals surface area (Å²) in [4.78, 5) is 11.7. The van der Waals surface area contributed by atoms with Crippen molar-refractivity contribution < 1.29 is 17.9 Å². The summed E-state index contributed by atoms with van der Waals surface area (Å²) in [5, 5.41) is 2.72. The summed E-state index contributed by atoms with van der Waals surface area (Å²) in [6.45, 7) is 1.04. The number of morpholine rings is 1. The van der Waals surface area contributed by atoms with E-state index >= 15 is 0 Å². The fourth-order valence-electron chi connectivity index (χ4n) is 3.43. The third-order valence-electron chi connectivity index (χ3n) is 4.75. The summed E-state index contributed by atoms with van der Waals surface area (Å²) in [5.74, 6) is -0.108. The van der Waals surface area contributed by atoms with Crippen LogP contribution in [-0.2, 0) is 32.4 Å². The molecule has 0 bridgehead atoms. The summed E-state index contributed by atoms with van der Waals surface area (Å²) in [6.07, 6.45) is 0.729. The topological polar surface area (TPSA) is 75.7 Å². The third-order valence-corrected chi connectivity index (χ3v) is 6.61. The lowest BCUT2D eigenvalue weighted by Gasteiger charge is -2.32. The molecule has 7 heteroatoms. The highest BCUT2D eigenvalue weighted by Gasteiger charge is 2.32. The highest BCUT2D eigenvalue weighted by atomic mass is 32.2. The Morgan fingerprint density at radius 3 is 2.77 bits per heavy atom. The molecule has 0 radical (unpaired) electrons. The second kappa shape index (κ2) is 6.83. The van der Waals surface area contributed by atoms with Crippen LogP contribution in [0.2, 0.25) is 0 Å². The molecular formula is C19H20N2O4S. The molecule has 1 amide bonds. The second-order valence-electron chi connectivity index (χ2n) is 6.59. The average molecular weight is 372 g/mol. The second-order valence-corrected chi connectivity index (χ2v) is 8.53. The maximum atomic E-state index is 13.0. The highest BCUT2D eigenvalue weighted by Crippen LogP contribution is 2.28. The van der Waals surface area contributed by atoms with Crippen molar-refractivity contribution in [3.05, 3.63) is 59.7 Å². The number of amides is 1. The molecular weight excluding hydrogens is 352 g/mol. The van der Waals surface area contributed by atoms with Crippen molar-refractivity contribution >= 4 is 21.6 Å². The maximum Gasteiger partial charge on any atom is 0.243 e. The van der Waals surface area contributed by atoms with Crippen LogP contribution in [0.1, 0.15) is 11.1 Å². The van der Waals surface area contributed by atoms with Crippen LogP contribution in [-0.4, -0.2) is 44.4 Å². The lowest BCUT2D eigenvalue weighted by molar-refractivity contribution is -0.115. The molecule has 1 saturated heterocycles. The van der Waals surface area contributed by atoms with Crippen molar-refractivity contribution in [2.75, 3.05) is 25.0 Å². The molecule has 0 aliphatic carbocycles. The largest absolute Gasteiger partial charge is 0.375 e. The molecule has 26 heavy (non-hydrogen) atoms. The minimum absolute atomic E-state index is 0.108. The van der Waals surface area contributed by atoms with Gasteiger partial charge in [-0.25, -0.2) is 8.42 Å². The van der Waals surface area contributed by atoms with Gasteiger partial charge in [-0.2, -0.15) is 4.31 Å². The number of sulfonamides is 1. The fraction of sp³-hybridized carbons (Fsp3) is 0.316. The number of fused-ring (bicyclic) bond motifs is 1. The van der Waals surface area contributed by atoms with Crippen molar-refractivity contribution in [2.45, 2.75) is 23.8 Å². The van der Waals surface area contributed by atoms with Gasteiger partial charge in [0.2, 0.25) is 15.9 Å². The molecule has 2 aliphatic heterocycles. The van der Waals surface area contributed by atoms with Gasteiger partial charge in [0.1, 0.15) is 0 Å². The first-order valence-corrected chi connectivity index (χ1v) is 10.0. The summed E-state index contributed by atoms with van der Waals surface area (Å²) in [6, 6.07) is 14.7. The van der Waals surface area contributed by atoms with Gasteiger partial charge >= 0.3 is 0 Å². The maximum absolute atomic E-state index is 13.0. The molecule has 2 aromatic carbocycles. The molecule has 6 nitrogen and oxygen atoms in total. The van der Waals surface area contributed by atoms with Gasteiger partial charge in [0.05, 0.1) is 24.0 Å². The zero-order valence-electron chi connectivity index (χ0n) is 14.2. The van der Waals surface area contributed by atoms with Crippen LogP contribution in [0.25, 0.3) is 0 Å². The Hall–Kier alpha value is -2.22. The van der Waals surface area contributed by atoms with Gasteiger partial charge in [0.25, 0.3) is 0 Å². The minimum atomic E-state index is -3.61. The van der Waals surface area contributed by atoms with Gasteiger partial charge in [-0.05, 0) is 35.7 Å². The summed E-state index contributed by atoms with van der Waals surface area (Å²) in [5.41, 5.74) is 2.54. The first kappa shape index (κ1) is 17.2. The average Bonchev–Trinajstić information content (AvgIpc) is 3.02. The van der Waals surface area contributed by atoms with Crippen molar-refractivity contribution in [1.82, 2.24) is 4.31 Å². The quantitative estimate of drug-likeness (QED) is 0.888. The highest BCUT2D eigenvalue weighted by molar-refractivity contribution is 7.89. The van der Waals surface area contributed by atoms with E-state index in [4.69, 9.17) is 4.74 Å². The van der Waals surface area contributed by atoms with Gasteiger partial charge in [0.15, 0.2) is 0 Å². The Balaban J connectivity index is 1.52. The number of ether oxygens (including phenoxy) is 1. The Morgan fingerprint density at radius 1 is 1.15 bits per heavy atom. The van der Waals surface area contributed by atoms with E-state index in [0.717, 1.165) is 11.1 Å². The molecule has 4 rings (SSSR count). The molecule has 0 saturated carbocycles. The van der Waals surface area contributed by atoms with Crippen molar-refractivity contribution in [3.8, 4) is 0 Å². The normalized spacial score (nSPS) is 20.6. The van der Waals surface area contributed by atoms with E-state index in [1.165, 1.54) is 4.31 Å². The van der Waals surface area contributed by atoms with Crippen LogP contribution in [0.15, 0.2) is 53.4 Å². The van der Waals surface area contributed by atoms with E-state index in [-0.39, 0.29) is 23.3 Å². The van der Waals surface area contributed by atoms with Crippen LogP contribution in [0, 0.1) is 0 Å². The molecule has 1 atom stereocenters. The molecule has 1 fully saturated rings. The molecule has 136 valence electrons. The molecule has 1 N–H and O–H groups in total. The number of benzene rings is 2. The van der Waals surface area contributed by atoms with Crippen LogP contribution in [0.4, 0.5) is 5.69 Å². The number of carbonyl (C=O) groups is 1. The number of anilines is 1. The van der Waals surface area contributed by atoms with E-state index in [1.807, 2.05) is 30.3 Å². The Labute approximate surface area is 152 Å². The number of carbonyl (C=O) groups excluding carboxylic acids is 1. The number of nitrogens with zero attached hydrogens (tertiary/aromatic N) is 1.